The van der Waals surface area contributed by atoms with Gasteiger partial charge in [0.2, 0.25) is 5.60 Å². The molecule has 1 aliphatic heterocycles. The molecule has 46 heavy (non-hydrogen) atoms. The van der Waals surface area contributed by atoms with Crippen molar-refractivity contribution in [1.82, 2.24) is 14.6 Å². The molecule has 16 nitrogen and oxygen atoms in total. The second-order valence-electron chi connectivity index (χ2n) is 9.98. The van der Waals surface area contributed by atoms with E-state index < -0.39 is 70.3 Å². The number of nitrogens with zero attached hydrogens (tertiary/aromatic N) is 3. The molecule has 3 amide bonds. The molecular weight excluding hydrogens is 655 g/mol. The van der Waals surface area contributed by atoms with E-state index in [0.29, 0.717) is 11.1 Å². The molecule has 2 atom stereocenters. The zero-order chi connectivity index (χ0) is 32.9. The van der Waals surface area contributed by atoms with Gasteiger partial charge in [-0.15, -0.1) is 11.3 Å². The number of benzene rings is 2. The maximum absolute atomic E-state index is 13.4. The Balaban J connectivity index is 0.00000384. The Bertz CT molecular complexity index is 1690. The Morgan fingerprint density at radius 2 is 1.70 bits per heavy atom. The van der Waals surface area contributed by atoms with E-state index in [1.165, 1.54) is 19.2 Å². The number of aromatic nitrogens is 1. The monoisotopic (exact) mass is 684 g/mol. The summed E-state index contributed by atoms with van der Waals surface area (Å²) in [6.45, 7) is 1.93. The smallest absolute Gasteiger partial charge is 1.00 e. The Labute approximate surface area is 290 Å². The van der Waals surface area contributed by atoms with Crippen molar-refractivity contribution in [2.45, 2.75) is 37.6 Å². The predicted molar refractivity (Wildman–Crippen MR) is 160 cm³/mol. The molecule has 0 spiro atoms. The van der Waals surface area contributed by atoms with Gasteiger partial charge in [0, 0.05) is 5.38 Å². The van der Waals surface area contributed by atoms with E-state index in [4.69, 9.17) is 21.0 Å². The van der Waals surface area contributed by atoms with Gasteiger partial charge in [-0.25, -0.2) is 18.9 Å². The van der Waals surface area contributed by atoms with Gasteiger partial charge in [-0.2, -0.15) is 8.42 Å². The summed E-state index contributed by atoms with van der Waals surface area (Å²) in [5.41, 5.74) is 9.60. The van der Waals surface area contributed by atoms with Crippen LogP contribution in [0.2, 0.25) is 0 Å². The third-order valence-corrected chi connectivity index (χ3v) is 7.99. The molecule has 4 rings (SSSR count). The molecule has 1 aliphatic rings. The van der Waals surface area contributed by atoms with Crippen molar-refractivity contribution in [2.24, 2.45) is 10.9 Å². The summed E-state index contributed by atoms with van der Waals surface area (Å²) >= 11 is 0.948. The number of nitrogens with two attached hydrogens (primary N) is 2. The Morgan fingerprint density at radius 1 is 1.13 bits per heavy atom. The Hall–Kier alpha value is -4.07. The van der Waals surface area contributed by atoms with Crippen molar-refractivity contribution < 1.29 is 77.4 Å². The fourth-order valence-electron chi connectivity index (χ4n) is 4.13. The minimum Gasteiger partial charge on any atom is -1.00 e. The summed E-state index contributed by atoms with van der Waals surface area (Å²) in [4.78, 5) is 59.9. The number of nitrogen functional groups attached to an aromatic ring is 1. The summed E-state index contributed by atoms with van der Waals surface area (Å²) < 4.78 is 43.2. The van der Waals surface area contributed by atoms with Gasteiger partial charge < -0.3 is 32.5 Å². The van der Waals surface area contributed by atoms with E-state index in [0.717, 1.165) is 11.3 Å². The van der Waals surface area contributed by atoms with E-state index in [-0.39, 0.29) is 46.1 Å². The molecule has 1 aromatic heterocycles. The molecule has 0 saturated carbocycles. The molecule has 2 unspecified atom stereocenters. The number of oxime groups is 1. The molecule has 19 heteroatoms. The first-order valence-electron chi connectivity index (χ1n) is 13.0. The second kappa shape index (κ2) is 15.0. The molecule has 0 bridgehead atoms. The number of ether oxygens (including phenoxy) is 2. The fraction of sp³-hybridized carbons (Fsp3) is 0.259. The molecule has 2 heterocycles. The van der Waals surface area contributed by atoms with Gasteiger partial charge >= 0.3 is 51.9 Å². The number of hydrogen-bond donors (Lipinski definition) is 4. The molecule has 1 fully saturated rings. The maximum Gasteiger partial charge on any atom is 1.00 e. The summed E-state index contributed by atoms with van der Waals surface area (Å²) in [5.74, 6) is -3.18. The SMILES string of the molecule is CC(C)(O/N=C(\C(=O)NC1C(=O)N(S(=O)(=O)O)C1COC(N)=O)c1csc(N)n1)C(=O)OC(c1ccccc1)c1ccccc1.[H-].[Na+]. The van der Waals surface area contributed by atoms with Gasteiger partial charge in [-0.1, -0.05) is 65.8 Å². The number of hydrogen-bond acceptors (Lipinski definition) is 13. The minimum atomic E-state index is -5.07. The van der Waals surface area contributed by atoms with Gasteiger partial charge in [-0.3, -0.25) is 14.1 Å². The molecule has 1 saturated heterocycles. The van der Waals surface area contributed by atoms with Crippen LogP contribution in [0.5, 0.6) is 0 Å². The molecule has 6 N–H and O–H groups in total. The molecular formula is C27H29N6NaO10S2. The number of esters is 1. The van der Waals surface area contributed by atoms with E-state index in [1.54, 1.807) is 48.5 Å². The number of thiazole rings is 1. The van der Waals surface area contributed by atoms with E-state index in [9.17, 15) is 32.1 Å². The van der Waals surface area contributed by atoms with Crippen LogP contribution in [-0.2, 0) is 39.0 Å². The summed E-state index contributed by atoms with van der Waals surface area (Å²) in [7, 11) is -5.07. The number of anilines is 1. The van der Waals surface area contributed by atoms with Crippen LogP contribution in [0.15, 0.2) is 71.2 Å². The first-order chi connectivity index (χ1) is 21.2. The number of amides is 3. The zero-order valence-corrected chi connectivity index (χ0v) is 28.4. The molecule has 2 aromatic carbocycles. The van der Waals surface area contributed by atoms with Gasteiger partial charge in [0.25, 0.3) is 11.8 Å². The molecule has 3 aromatic rings. The van der Waals surface area contributed by atoms with Crippen molar-refractivity contribution in [3.63, 3.8) is 0 Å². The zero-order valence-electron chi connectivity index (χ0n) is 25.7. The van der Waals surface area contributed by atoms with Crippen LogP contribution in [-0.4, -0.2) is 76.1 Å². The predicted octanol–water partition coefficient (Wildman–Crippen LogP) is -1.73. The minimum absolute atomic E-state index is 0. The molecule has 240 valence electrons. The largest absolute Gasteiger partial charge is 1.00 e. The third-order valence-electron chi connectivity index (χ3n) is 6.37. The average Bonchev–Trinajstić information content (AvgIpc) is 3.42. The third kappa shape index (κ3) is 8.59. The van der Waals surface area contributed by atoms with E-state index in [1.807, 2.05) is 12.1 Å². The second-order valence-corrected chi connectivity index (χ2v) is 12.2. The number of carbonyl (C=O) groups is 4. The van der Waals surface area contributed by atoms with Gasteiger partial charge in [0.05, 0.1) is 0 Å². The van der Waals surface area contributed by atoms with Crippen LogP contribution in [0, 0.1) is 0 Å². The van der Waals surface area contributed by atoms with Gasteiger partial charge in [0.1, 0.15) is 24.4 Å². The number of primary amides is 1. The normalized spacial score (nSPS) is 16.6. The number of β-lactam (4-membered cyclic amide) rings is 1. The first kappa shape index (κ1) is 36.4. The van der Waals surface area contributed by atoms with Crippen molar-refractivity contribution in [2.75, 3.05) is 12.3 Å². The van der Waals surface area contributed by atoms with E-state index >= 15 is 0 Å². The molecule has 0 radical (unpaired) electrons. The van der Waals surface area contributed by atoms with Crippen molar-refractivity contribution in [3.8, 4) is 0 Å². The summed E-state index contributed by atoms with van der Waals surface area (Å²) in [5, 5.41) is 7.50. The van der Waals surface area contributed by atoms with Crippen LogP contribution in [0.1, 0.15) is 38.2 Å². The van der Waals surface area contributed by atoms with Crippen molar-refractivity contribution in [1.29, 1.82) is 0 Å². The average molecular weight is 685 g/mol. The quantitative estimate of drug-likeness (QED) is 0.0415. The fourth-order valence-corrected chi connectivity index (χ4v) is 5.55. The van der Waals surface area contributed by atoms with Crippen molar-refractivity contribution in [3.05, 3.63) is 82.9 Å². The maximum atomic E-state index is 13.4. The van der Waals surface area contributed by atoms with Crippen molar-refractivity contribution >= 4 is 56.4 Å². The standard InChI is InChI=1S/C27H28N6O10S2.Na.H/c1-27(2,24(36)42-21(15-9-5-3-6-10-15)16-11-7-4-8-12-16)43-32-19(17-14-44-25(28)30-17)22(34)31-20-18(13-41-26(29)37)33(23(20)35)45(38,39)40;;/h3-12,14,18,20-21H,13H2,1-2H3,(H2,28,30)(H2,29,37)(H,31,34)(H,38,39,40);;/q;+1;-1/b32-19-;;. The Morgan fingerprint density at radius 3 is 2.17 bits per heavy atom. The first-order valence-corrected chi connectivity index (χ1v) is 15.3. The number of carbonyl (C=O) groups excluding carboxylic acids is 4. The van der Waals surface area contributed by atoms with Crippen LogP contribution in [0.3, 0.4) is 0 Å². The molecule has 0 aliphatic carbocycles. The van der Waals surface area contributed by atoms with Crippen LogP contribution in [0.4, 0.5) is 9.93 Å². The van der Waals surface area contributed by atoms with Crippen LogP contribution in [0.25, 0.3) is 0 Å². The van der Waals surface area contributed by atoms with E-state index in [2.05, 4.69) is 20.2 Å². The van der Waals surface area contributed by atoms with Crippen LogP contribution >= 0.6 is 11.3 Å². The van der Waals surface area contributed by atoms with Gasteiger partial charge in [-0.05, 0) is 25.0 Å². The summed E-state index contributed by atoms with van der Waals surface area (Å²) in [6.07, 6.45) is -2.10. The number of rotatable bonds is 12. The number of nitrogens with one attached hydrogen (secondary N) is 1. The Kier molecular flexibility index (Phi) is 11.9. The van der Waals surface area contributed by atoms with Crippen LogP contribution < -0.4 is 46.3 Å². The topological polar surface area (TPSA) is 243 Å². The van der Waals surface area contributed by atoms with Gasteiger partial charge in [0.15, 0.2) is 16.9 Å². The summed E-state index contributed by atoms with van der Waals surface area (Å²) in [6, 6.07) is 14.8.